The highest BCUT2D eigenvalue weighted by Gasteiger charge is 2.28. The molecule has 1 aromatic heterocycles. The van der Waals surface area contributed by atoms with Crippen molar-refractivity contribution in [2.45, 2.75) is 18.0 Å². The molecule has 2 aromatic rings. The number of anilines is 1. The van der Waals surface area contributed by atoms with Gasteiger partial charge in [-0.1, -0.05) is 19.1 Å². The van der Waals surface area contributed by atoms with E-state index in [4.69, 9.17) is 0 Å². The highest BCUT2D eigenvalue weighted by Crippen LogP contribution is 2.23. The zero-order valence-electron chi connectivity index (χ0n) is 13.6. The van der Waals surface area contributed by atoms with Gasteiger partial charge in [0, 0.05) is 12.3 Å². The Hall–Kier alpha value is -2.62. The van der Waals surface area contributed by atoms with E-state index in [1.54, 1.807) is 6.07 Å². The van der Waals surface area contributed by atoms with Crippen molar-refractivity contribution < 1.29 is 31.1 Å². The van der Waals surface area contributed by atoms with E-state index in [2.05, 4.69) is 15.0 Å². The van der Waals surface area contributed by atoms with Gasteiger partial charge in [-0.25, -0.2) is 13.4 Å². The fourth-order valence-corrected chi connectivity index (χ4v) is 3.00. The Labute approximate surface area is 147 Å². The first-order valence-electron chi connectivity index (χ1n) is 7.41. The van der Waals surface area contributed by atoms with Crippen molar-refractivity contribution in [2.24, 2.45) is 0 Å². The third-order valence-corrected chi connectivity index (χ3v) is 5.02. The second kappa shape index (κ2) is 7.73. The van der Waals surface area contributed by atoms with Crippen LogP contribution in [0, 0.1) is 0 Å². The Morgan fingerprint density at radius 3 is 2.46 bits per heavy atom. The van der Waals surface area contributed by atoms with Crippen molar-refractivity contribution in [2.75, 3.05) is 17.7 Å². The van der Waals surface area contributed by atoms with Gasteiger partial charge in [0.2, 0.25) is 5.88 Å². The largest absolute Gasteiger partial charge is 0.468 e. The monoisotopic (exact) mass is 388 g/mol. The third kappa shape index (κ3) is 5.19. The minimum absolute atomic E-state index is 0.0195. The minimum atomic E-state index is -4.49. The van der Waals surface area contributed by atoms with Crippen LogP contribution in [0.25, 0.3) is 0 Å². The maximum absolute atomic E-state index is 12.2. The Balaban J connectivity index is 2.14. The van der Waals surface area contributed by atoms with E-state index in [0.717, 1.165) is 12.3 Å². The number of hydrogen-bond acceptors (Lipinski definition) is 5. The predicted octanol–water partition coefficient (Wildman–Crippen LogP) is 3.07. The second-order valence-corrected chi connectivity index (χ2v) is 7.39. The van der Waals surface area contributed by atoms with Gasteiger partial charge in [-0.05, 0) is 18.2 Å². The average Bonchev–Trinajstić information content (AvgIpc) is 2.60. The number of nitrogens with zero attached hydrogens (tertiary/aromatic N) is 1. The lowest BCUT2D eigenvalue weighted by Crippen LogP contribution is -2.20. The topological polar surface area (TPSA) is 85.4 Å². The molecule has 0 unspecified atom stereocenters. The first-order valence-corrected chi connectivity index (χ1v) is 9.06. The molecule has 1 amide bonds. The Morgan fingerprint density at radius 2 is 1.88 bits per heavy atom. The van der Waals surface area contributed by atoms with Gasteiger partial charge in [-0.15, -0.1) is 0 Å². The number of nitrogens with one attached hydrogen (secondary N) is 1. The lowest BCUT2D eigenvalue weighted by Gasteiger charge is -2.11. The number of para-hydroxylation sites is 1. The van der Waals surface area contributed by atoms with Crippen LogP contribution in [0.1, 0.15) is 17.3 Å². The molecule has 0 radical (unpaired) electrons. The van der Waals surface area contributed by atoms with Crippen molar-refractivity contribution in [1.82, 2.24) is 4.98 Å². The highest BCUT2D eigenvalue weighted by atomic mass is 32.2. The van der Waals surface area contributed by atoms with Crippen LogP contribution in [-0.2, 0) is 9.84 Å². The highest BCUT2D eigenvalue weighted by molar-refractivity contribution is 7.91. The van der Waals surface area contributed by atoms with E-state index in [9.17, 15) is 26.4 Å². The first-order chi connectivity index (χ1) is 12.1. The SMILES string of the molecule is CCS(=O)(=O)c1ccccc1NC(=O)c1ccc(OCC(F)(F)F)nc1. The van der Waals surface area contributed by atoms with Gasteiger partial charge in [0.25, 0.3) is 5.91 Å². The van der Waals surface area contributed by atoms with Crippen molar-refractivity contribution in [1.29, 1.82) is 0 Å². The average molecular weight is 388 g/mol. The molecule has 1 N–H and O–H groups in total. The Morgan fingerprint density at radius 1 is 1.19 bits per heavy atom. The van der Waals surface area contributed by atoms with Gasteiger partial charge in [-0.2, -0.15) is 13.2 Å². The van der Waals surface area contributed by atoms with Gasteiger partial charge in [-0.3, -0.25) is 4.79 Å². The smallest absolute Gasteiger partial charge is 0.422 e. The number of carbonyl (C=O) groups excluding carboxylic acids is 1. The number of carbonyl (C=O) groups is 1. The van der Waals surface area contributed by atoms with Crippen molar-refractivity contribution in [3.8, 4) is 5.88 Å². The Kier molecular flexibility index (Phi) is 5.86. The lowest BCUT2D eigenvalue weighted by atomic mass is 10.2. The maximum Gasteiger partial charge on any atom is 0.422 e. The van der Waals surface area contributed by atoms with Gasteiger partial charge < -0.3 is 10.1 Å². The van der Waals surface area contributed by atoms with E-state index >= 15 is 0 Å². The zero-order chi connectivity index (χ0) is 19.4. The molecule has 140 valence electrons. The summed E-state index contributed by atoms with van der Waals surface area (Å²) in [7, 11) is -3.54. The van der Waals surface area contributed by atoms with Crippen molar-refractivity contribution in [3.05, 3.63) is 48.2 Å². The number of sulfone groups is 1. The van der Waals surface area contributed by atoms with E-state index in [1.807, 2.05) is 0 Å². The molecule has 1 aromatic carbocycles. The summed E-state index contributed by atoms with van der Waals surface area (Å²) in [5, 5.41) is 2.46. The van der Waals surface area contributed by atoms with E-state index in [1.165, 1.54) is 31.2 Å². The van der Waals surface area contributed by atoms with Crippen LogP contribution in [0.4, 0.5) is 18.9 Å². The predicted molar refractivity (Wildman–Crippen MR) is 87.9 cm³/mol. The summed E-state index contributed by atoms with van der Waals surface area (Å²) in [6, 6.07) is 8.26. The zero-order valence-corrected chi connectivity index (χ0v) is 14.4. The van der Waals surface area contributed by atoms with Crippen LogP contribution >= 0.6 is 0 Å². The molecular formula is C16H15F3N2O4S. The second-order valence-electron chi connectivity index (χ2n) is 5.14. The van der Waals surface area contributed by atoms with Gasteiger partial charge >= 0.3 is 6.18 Å². The molecule has 0 saturated carbocycles. The number of alkyl halides is 3. The number of ether oxygens (including phenoxy) is 1. The number of benzene rings is 1. The molecule has 0 saturated heterocycles. The number of pyridine rings is 1. The summed E-state index contributed by atoms with van der Waals surface area (Å²) in [5.74, 6) is -1.07. The van der Waals surface area contributed by atoms with Crippen molar-refractivity contribution in [3.63, 3.8) is 0 Å². The number of rotatable bonds is 6. The fraction of sp³-hybridized carbons (Fsp3) is 0.250. The standard InChI is InChI=1S/C16H15F3N2O4S/c1-2-26(23,24)13-6-4-3-5-12(13)21-15(22)11-7-8-14(20-9-11)25-10-16(17,18)19/h3-9H,2,10H2,1H3,(H,21,22). The summed E-state index contributed by atoms with van der Waals surface area (Å²) >= 11 is 0. The molecule has 0 aliphatic rings. The summed E-state index contributed by atoms with van der Waals surface area (Å²) in [6.07, 6.45) is -3.45. The van der Waals surface area contributed by atoms with Crippen LogP contribution in [0.15, 0.2) is 47.5 Å². The third-order valence-electron chi connectivity index (χ3n) is 3.23. The number of aromatic nitrogens is 1. The molecule has 0 bridgehead atoms. The molecule has 2 rings (SSSR count). The van der Waals surface area contributed by atoms with Crippen LogP contribution in [-0.4, -0.2) is 37.8 Å². The number of hydrogen-bond donors (Lipinski definition) is 1. The molecule has 0 spiro atoms. The number of halogens is 3. The van der Waals surface area contributed by atoms with Crippen LogP contribution in [0.3, 0.4) is 0 Å². The van der Waals surface area contributed by atoms with Crippen LogP contribution in [0.2, 0.25) is 0 Å². The molecule has 0 fully saturated rings. The quantitative estimate of drug-likeness (QED) is 0.822. The minimum Gasteiger partial charge on any atom is -0.468 e. The van der Waals surface area contributed by atoms with Crippen molar-refractivity contribution >= 4 is 21.4 Å². The first kappa shape index (κ1) is 19.7. The van der Waals surface area contributed by atoms with Gasteiger partial charge in [0.15, 0.2) is 16.4 Å². The van der Waals surface area contributed by atoms with E-state index in [0.29, 0.717) is 0 Å². The molecule has 1 heterocycles. The Bertz CT molecular complexity index is 881. The maximum atomic E-state index is 12.2. The van der Waals surface area contributed by atoms with E-state index < -0.39 is 28.5 Å². The summed E-state index contributed by atoms with van der Waals surface area (Å²) < 4.78 is 64.9. The van der Waals surface area contributed by atoms with Gasteiger partial charge in [0.1, 0.15) is 0 Å². The lowest BCUT2D eigenvalue weighted by molar-refractivity contribution is -0.154. The fourth-order valence-electron chi connectivity index (χ4n) is 1.95. The molecule has 0 atom stereocenters. The summed E-state index contributed by atoms with van der Waals surface area (Å²) in [5.41, 5.74) is 0.143. The molecule has 0 aliphatic carbocycles. The number of amides is 1. The van der Waals surface area contributed by atoms with Gasteiger partial charge in [0.05, 0.1) is 21.9 Å². The normalized spacial score (nSPS) is 11.8. The molecule has 6 nitrogen and oxygen atoms in total. The van der Waals surface area contributed by atoms with Crippen LogP contribution in [0.5, 0.6) is 5.88 Å². The molecule has 26 heavy (non-hydrogen) atoms. The summed E-state index contributed by atoms with van der Waals surface area (Å²) in [4.78, 5) is 15.9. The molecular weight excluding hydrogens is 373 g/mol. The van der Waals surface area contributed by atoms with E-state index in [-0.39, 0.29) is 27.8 Å². The molecule has 10 heteroatoms. The van der Waals surface area contributed by atoms with Crippen LogP contribution < -0.4 is 10.1 Å². The summed E-state index contributed by atoms with van der Waals surface area (Å²) in [6.45, 7) is -0.00861. The molecule has 0 aliphatic heterocycles.